The number of carbonyl (C=O) groups is 2. The molecule has 1 amide bonds. The van der Waals surface area contributed by atoms with Gasteiger partial charge in [-0.3, -0.25) is 9.69 Å². The normalized spacial score (nSPS) is 21.8. The van der Waals surface area contributed by atoms with E-state index in [4.69, 9.17) is 0 Å². The highest BCUT2D eigenvalue weighted by atomic mass is 16.3. The molecule has 1 fully saturated rings. The number of carbonyl (C=O) groups excluding carboxylic acids is 2. The van der Waals surface area contributed by atoms with Crippen molar-refractivity contribution in [3.63, 3.8) is 0 Å². The van der Waals surface area contributed by atoms with Crippen LogP contribution in [0, 0.1) is 5.92 Å². The number of anilines is 1. The fourth-order valence-corrected chi connectivity index (χ4v) is 4.03. The van der Waals surface area contributed by atoms with Gasteiger partial charge in [-0.1, -0.05) is 24.3 Å². The van der Waals surface area contributed by atoms with E-state index in [0.717, 1.165) is 38.6 Å². The molecule has 1 unspecified atom stereocenters. The van der Waals surface area contributed by atoms with E-state index in [1.165, 1.54) is 17.5 Å². The number of aromatic nitrogens is 2. The van der Waals surface area contributed by atoms with Crippen molar-refractivity contribution in [1.82, 2.24) is 20.2 Å². The lowest BCUT2D eigenvalue weighted by Crippen LogP contribution is -2.42. The van der Waals surface area contributed by atoms with Crippen molar-refractivity contribution in [3.05, 3.63) is 53.5 Å². The van der Waals surface area contributed by atoms with Crippen LogP contribution in [-0.4, -0.2) is 63.9 Å². The van der Waals surface area contributed by atoms with E-state index in [1.54, 1.807) is 6.07 Å². The molecule has 30 heavy (non-hydrogen) atoms. The molecule has 2 aliphatic rings. The van der Waals surface area contributed by atoms with Gasteiger partial charge in [-0.05, 0) is 30.4 Å². The van der Waals surface area contributed by atoms with Gasteiger partial charge in [0.2, 0.25) is 0 Å². The Balaban J connectivity index is 1.23. The zero-order valence-corrected chi connectivity index (χ0v) is 16.8. The molecule has 2 aromatic rings. The van der Waals surface area contributed by atoms with Crippen LogP contribution in [0.25, 0.3) is 0 Å². The third-order valence-corrected chi connectivity index (χ3v) is 5.80. The van der Waals surface area contributed by atoms with Crippen LogP contribution in [0.5, 0.6) is 0 Å². The van der Waals surface area contributed by atoms with Gasteiger partial charge in [0.1, 0.15) is 24.1 Å². The third kappa shape index (κ3) is 5.01. The van der Waals surface area contributed by atoms with Gasteiger partial charge in [0.15, 0.2) is 0 Å². The third-order valence-electron chi connectivity index (χ3n) is 5.80. The lowest BCUT2D eigenvalue weighted by atomic mass is 9.81. The van der Waals surface area contributed by atoms with Gasteiger partial charge in [-0.25, -0.2) is 9.97 Å². The van der Waals surface area contributed by atoms with Gasteiger partial charge >= 0.3 is 0 Å². The first-order valence-electron chi connectivity index (χ1n) is 10.4. The molecule has 1 atom stereocenters. The van der Waals surface area contributed by atoms with Crippen molar-refractivity contribution in [3.8, 4) is 0 Å². The van der Waals surface area contributed by atoms with E-state index in [1.807, 2.05) is 6.07 Å². The van der Waals surface area contributed by atoms with E-state index in [2.05, 4.69) is 43.7 Å². The second-order valence-corrected chi connectivity index (χ2v) is 8.11. The number of nitrogens with zero attached hydrogens (tertiary/aromatic N) is 3. The highest BCUT2D eigenvalue weighted by Gasteiger charge is 2.29. The van der Waals surface area contributed by atoms with Crippen molar-refractivity contribution >= 4 is 18.0 Å². The fraction of sp³-hybridized carbons (Fsp3) is 0.455. The summed E-state index contributed by atoms with van der Waals surface area (Å²) in [5.41, 5.74) is 2.91. The van der Waals surface area contributed by atoms with E-state index in [0.29, 0.717) is 12.4 Å². The molecule has 0 radical (unpaired) electrons. The van der Waals surface area contributed by atoms with Crippen molar-refractivity contribution in [2.24, 2.45) is 5.92 Å². The molecule has 8 heteroatoms. The van der Waals surface area contributed by atoms with Crippen molar-refractivity contribution < 1.29 is 14.7 Å². The van der Waals surface area contributed by atoms with Crippen LogP contribution < -0.4 is 10.6 Å². The van der Waals surface area contributed by atoms with Gasteiger partial charge in [0, 0.05) is 44.2 Å². The number of hydrogen-bond acceptors (Lipinski definition) is 7. The lowest BCUT2D eigenvalue weighted by molar-refractivity contribution is -0.113. The van der Waals surface area contributed by atoms with E-state index in [9.17, 15) is 14.7 Å². The largest absolute Gasteiger partial charge is 0.390 e. The number of hydrogen-bond donors (Lipinski definition) is 3. The van der Waals surface area contributed by atoms with Crippen LogP contribution in [0.3, 0.4) is 0 Å². The molecule has 1 saturated carbocycles. The number of β-amino-alcohol motifs (C(OH)–C–C–N with tert-alkyl or cyclic N) is 1. The summed E-state index contributed by atoms with van der Waals surface area (Å²) in [6.45, 7) is 2.38. The number of aldehydes is 1. The Morgan fingerprint density at radius 1 is 1.27 bits per heavy atom. The van der Waals surface area contributed by atoms with Crippen LogP contribution in [0.15, 0.2) is 36.7 Å². The molecule has 0 bridgehead atoms. The molecule has 1 aromatic heterocycles. The second kappa shape index (κ2) is 9.32. The Morgan fingerprint density at radius 3 is 2.87 bits per heavy atom. The van der Waals surface area contributed by atoms with Crippen LogP contribution in [0.2, 0.25) is 0 Å². The molecule has 1 aromatic carbocycles. The number of benzene rings is 1. The summed E-state index contributed by atoms with van der Waals surface area (Å²) >= 11 is 0. The summed E-state index contributed by atoms with van der Waals surface area (Å²) in [6.07, 6.45) is 4.19. The Kier molecular flexibility index (Phi) is 6.35. The van der Waals surface area contributed by atoms with E-state index in [-0.39, 0.29) is 30.1 Å². The summed E-state index contributed by atoms with van der Waals surface area (Å²) in [7, 11) is 0. The average Bonchev–Trinajstić information content (AvgIpc) is 2.74. The zero-order valence-electron chi connectivity index (χ0n) is 16.8. The highest BCUT2D eigenvalue weighted by Crippen LogP contribution is 2.27. The first-order chi connectivity index (χ1) is 14.6. The minimum Gasteiger partial charge on any atom is -0.390 e. The average molecular weight is 409 g/mol. The van der Waals surface area contributed by atoms with Gasteiger partial charge in [-0.15, -0.1) is 0 Å². The molecule has 8 nitrogen and oxygen atoms in total. The molecule has 0 saturated heterocycles. The van der Waals surface area contributed by atoms with Crippen LogP contribution >= 0.6 is 0 Å². The van der Waals surface area contributed by atoms with Gasteiger partial charge in [0.05, 0.1) is 6.10 Å². The predicted octanol–water partition coefficient (Wildman–Crippen LogP) is 1.01. The van der Waals surface area contributed by atoms with Crippen LogP contribution in [0.4, 0.5) is 5.82 Å². The van der Waals surface area contributed by atoms with E-state index >= 15 is 0 Å². The standard InChI is InChI=1S/C22H27N5O3/c28-13-15-7-18(8-15)26-21-9-20(24-14-25-21)22(30)23-10-19(29)12-27-6-5-16-3-1-2-4-17(16)11-27/h1-4,9,13-15,18-19,29H,5-8,10-12H2,(H,23,30)(H,24,25,26)/t15-,18+,19?. The SMILES string of the molecule is O=C[C@H]1C[C@@H](Nc2cc(C(=O)NCC(O)CN3CCc4ccccc4C3)ncn2)C1. The van der Waals surface area contributed by atoms with Crippen molar-refractivity contribution in [2.75, 3.05) is 25.0 Å². The maximum Gasteiger partial charge on any atom is 0.270 e. The predicted molar refractivity (Wildman–Crippen MR) is 112 cm³/mol. The molecule has 158 valence electrons. The number of rotatable bonds is 8. The monoisotopic (exact) mass is 409 g/mol. The Bertz CT molecular complexity index is 900. The van der Waals surface area contributed by atoms with Gasteiger partial charge < -0.3 is 20.5 Å². The Morgan fingerprint density at radius 2 is 2.07 bits per heavy atom. The van der Waals surface area contributed by atoms with Crippen LogP contribution in [0.1, 0.15) is 34.5 Å². The number of nitrogens with one attached hydrogen (secondary N) is 2. The second-order valence-electron chi connectivity index (χ2n) is 8.11. The zero-order chi connectivity index (χ0) is 20.9. The molecule has 1 aliphatic heterocycles. The van der Waals surface area contributed by atoms with Crippen molar-refractivity contribution in [2.45, 2.75) is 38.0 Å². The molecular weight excluding hydrogens is 382 g/mol. The molecule has 1 aliphatic carbocycles. The first kappa shape index (κ1) is 20.4. The molecule has 4 rings (SSSR count). The number of fused-ring (bicyclic) bond motifs is 1. The molecule has 3 N–H and O–H groups in total. The summed E-state index contributed by atoms with van der Waals surface area (Å²) in [5.74, 6) is 0.335. The number of amides is 1. The molecular formula is C22H27N5O3. The lowest BCUT2D eigenvalue weighted by Gasteiger charge is -2.32. The maximum atomic E-state index is 12.4. The summed E-state index contributed by atoms with van der Waals surface area (Å²) in [5, 5.41) is 16.3. The summed E-state index contributed by atoms with van der Waals surface area (Å²) in [4.78, 5) is 33.5. The van der Waals surface area contributed by atoms with Gasteiger partial charge in [0.25, 0.3) is 5.91 Å². The molecule has 0 spiro atoms. The first-order valence-corrected chi connectivity index (χ1v) is 10.4. The van der Waals surface area contributed by atoms with E-state index < -0.39 is 6.10 Å². The topological polar surface area (TPSA) is 107 Å². The molecule has 2 heterocycles. The Labute approximate surface area is 175 Å². The minimum absolute atomic E-state index is 0.113. The van der Waals surface area contributed by atoms with Crippen LogP contribution in [-0.2, 0) is 17.8 Å². The number of aliphatic hydroxyl groups is 1. The highest BCUT2D eigenvalue weighted by molar-refractivity contribution is 5.92. The maximum absolute atomic E-state index is 12.4. The fourth-order valence-electron chi connectivity index (χ4n) is 4.03. The summed E-state index contributed by atoms with van der Waals surface area (Å²) in [6, 6.07) is 10.2. The minimum atomic E-state index is -0.658. The smallest absolute Gasteiger partial charge is 0.270 e. The summed E-state index contributed by atoms with van der Waals surface area (Å²) < 4.78 is 0. The van der Waals surface area contributed by atoms with Gasteiger partial charge in [-0.2, -0.15) is 0 Å². The quantitative estimate of drug-likeness (QED) is 0.559. The Hall–Kier alpha value is -2.84. The van der Waals surface area contributed by atoms with Crippen molar-refractivity contribution in [1.29, 1.82) is 0 Å². The number of aliphatic hydroxyl groups excluding tert-OH is 1.